The van der Waals surface area contributed by atoms with E-state index in [0.717, 1.165) is 5.69 Å². The van der Waals surface area contributed by atoms with Gasteiger partial charge in [-0.3, -0.25) is 0 Å². The van der Waals surface area contributed by atoms with Crippen molar-refractivity contribution in [2.45, 2.75) is 0 Å². The van der Waals surface area contributed by atoms with Crippen molar-refractivity contribution in [2.24, 2.45) is 0 Å². The molecule has 16 heavy (non-hydrogen) atoms. The minimum Gasteiger partial charge on any atom is -0.367 e. The van der Waals surface area contributed by atoms with Crippen molar-refractivity contribution in [3.63, 3.8) is 0 Å². The molecule has 0 atom stereocenters. The van der Waals surface area contributed by atoms with E-state index < -0.39 is 9.84 Å². The zero-order valence-corrected chi connectivity index (χ0v) is 9.44. The summed E-state index contributed by atoms with van der Waals surface area (Å²) >= 11 is 0. The maximum atomic E-state index is 11.3. The van der Waals surface area contributed by atoms with E-state index in [9.17, 15) is 8.42 Å². The van der Waals surface area contributed by atoms with Crippen molar-refractivity contribution >= 4 is 15.5 Å². The van der Waals surface area contributed by atoms with E-state index >= 15 is 0 Å². The Morgan fingerprint density at radius 3 is 2.69 bits per heavy atom. The van der Waals surface area contributed by atoms with E-state index in [1.54, 1.807) is 18.3 Å². The SMILES string of the molecule is N#Cc1ncccc1N1CCS(=O)(=O)CC1. The van der Waals surface area contributed by atoms with Crippen LogP contribution in [0.25, 0.3) is 0 Å². The van der Waals surface area contributed by atoms with Gasteiger partial charge in [0.25, 0.3) is 0 Å². The Morgan fingerprint density at radius 2 is 2.06 bits per heavy atom. The average molecular weight is 237 g/mol. The monoisotopic (exact) mass is 237 g/mol. The number of sulfone groups is 1. The minimum absolute atomic E-state index is 0.146. The molecular weight excluding hydrogens is 226 g/mol. The molecule has 0 radical (unpaired) electrons. The van der Waals surface area contributed by atoms with Gasteiger partial charge in [-0.05, 0) is 12.1 Å². The van der Waals surface area contributed by atoms with E-state index in [-0.39, 0.29) is 11.5 Å². The van der Waals surface area contributed by atoms with Gasteiger partial charge in [0.1, 0.15) is 6.07 Å². The molecule has 1 aliphatic heterocycles. The molecule has 0 saturated carbocycles. The minimum atomic E-state index is -2.89. The fraction of sp³-hybridized carbons (Fsp3) is 0.400. The predicted molar refractivity (Wildman–Crippen MR) is 59.8 cm³/mol. The highest BCUT2D eigenvalue weighted by Crippen LogP contribution is 2.19. The molecule has 84 valence electrons. The van der Waals surface area contributed by atoms with Gasteiger partial charge in [0.2, 0.25) is 0 Å². The van der Waals surface area contributed by atoms with Crippen LogP contribution >= 0.6 is 0 Å². The van der Waals surface area contributed by atoms with Gasteiger partial charge < -0.3 is 4.90 Å². The van der Waals surface area contributed by atoms with Crippen LogP contribution < -0.4 is 4.90 Å². The maximum Gasteiger partial charge on any atom is 0.163 e. The second kappa shape index (κ2) is 4.10. The average Bonchev–Trinajstić information content (AvgIpc) is 2.29. The molecule has 0 unspecified atom stereocenters. The first kappa shape index (κ1) is 10.9. The third-order valence-corrected chi connectivity index (χ3v) is 4.19. The Kier molecular flexibility index (Phi) is 2.79. The molecule has 6 heteroatoms. The highest BCUT2D eigenvalue weighted by atomic mass is 32.2. The highest BCUT2D eigenvalue weighted by molar-refractivity contribution is 7.91. The van der Waals surface area contributed by atoms with Crippen molar-refractivity contribution in [3.05, 3.63) is 24.0 Å². The quantitative estimate of drug-likeness (QED) is 0.697. The van der Waals surface area contributed by atoms with Crippen LogP contribution in [0.3, 0.4) is 0 Å². The molecule has 0 spiro atoms. The molecule has 1 aromatic heterocycles. The first-order valence-electron chi connectivity index (χ1n) is 4.93. The van der Waals surface area contributed by atoms with Gasteiger partial charge >= 0.3 is 0 Å². The largest absolute Gasteiger partial charge is 0.367 e. The summed E-state index contributed by atoms with van der Waals surface area (Å²) in [5.41, 5.74) is 1.07. The van der Waals surface area contributed by atoms with E-state index in [1.807, 2.05) is 11.0 Å². The van der Waals surface area contributed by atoms with Crippen LogP contribution in [0.4, 0.5) is 5.69 Å². The fourth-order valence-corrected chi connectivity index (χ4v) is 2.89. The molecular formula is C10H11N3O2S. The van der Waals surface area contributed by atoms with E-state index in [2.05, 4.69) is 4.98 Å². The topological polar surface area (TPSA) is 74.1 Å². The van der Waals surface area contributed by atoms with Crippen LogP contribution in [-0.2, 0) is 9.84 Å². The molecule has 0 aliphatic carbocycles. The Balaban J connectivity index is 2.24. The van der Waals surface area contributed by atoms with Crippen LogP contribution in [0.15, 0.2) is 18.3 Å². The summed E-state index contributed by atoms with van der Waals surface area (Å²) in [4.78, 5) is 5.85. The first-order valence-corrected chi connectivity index (χ1v) is 6.75. The van der Waals surface area contributed by atoms with Gasteiger partial charge in [-0.2, -0.15) is 5.26 Å². The Hall–Kier alpha value is -1.61. The molecule has 1 aliphatic rings. The molecule has 5 nitrogen and oxygen atoms in total. The van der Waals surface area contributed by atoms with Crippen LogP contribution in [-0.4, -0.2) is 38.0 Å². The molecule has 1 aromatic rings. The molecule has 2 rings (SSSR count). The number of pyridine rings is 1. The Morgan fingerprint density at radius 1 is 1.38 bits per heavy atom. The lowest BCUT2D eigenvalue weighted by Gasteiger charge is -2.28. The van der Waals surface area contributed by atoms with E-state index in [0.29, 0.717) is 18.8 Å². The van der Waals surface area contributed by atoms with Crippen LogP contribution in [0.2, 0.25) is 0 Å². The summed E-state index contributed by atoms with van der Waals surface area (Å²) in [5, 5.41) is 8.89. The van der Waals surface area contributed by atoms with Crippen LogP contribution in [0, 0.1) is 11.3 Å². The van der Waals surface area contributed by atoms with Crippen LogP contribution in [0.5, 0.6) is 0 Å². The third-order valence-electron chi connectivity index (χ3n) is 2.58. The number of nitriles is 1. The van der Waals surface area contributed by atoms with Gasteiger partial charge in [-0.1, -0.05) is 0 Å². The van der Waals surface area contributed by atoms with E-state index in [1.165, 1.54) is 0 Å². The van der Waals surface area contributed by atoms with Crippen molar-refractivity contribution < 1.29 is 8.42 Å². The lowest BCUT2D eigenvalue weighted by Crippen LogP contribution is -2.40. The number of anilines is 1. The third kappa shape index (κ3) is 2.14. The molecule has 0 amide bonds. The zero-order chi connectivity index (χ0) is 11.6. The van der Waals surface area contributed by atoms with E-state index in [4.69, 9.17) is 5.26 Å². The summed E-state index contributed by atoms with van der Waals surface area (Å²) in [6.07, 6.45) is 1.56. The van der Waals surface area contributed by atoms with Gasteiger partial charge in [-0.25, -0.2) is 13.4 Å². The van der Waals surface area contributed by atoms with Crippen molar-refractivity contribution in [3.8, 4) is 6.07 Å². The molecule has 2 heterocycles. The summed E-state index contributed by atoms with van der Waals surface area (Å²) in [7, 11) is -2.89. The molecule has 0 bridgehead atoms. The number of nitrogens with zero attached hydrogens (tertiary/aromatic N) is 3. The predicted octanol–water partition coefficient (Wildman–Crippen LogP) is 0.188. The van der Waals surface area contributed by atoms with Gasteiger partial charge in [0.05, 0.1) is 17.2 Å². The molecule has 0 N–H and O–H groups in total. The van der Waals surface area contributed by atoms with Crippen LogP contribution in [0.1, 0.15) is 5.69 Å². The number of rotatable bonds is 1. The zero-order valence-electron chi connectivity index (χ0n) is 8.63. The number of hydrogen-bond donors (Lipinski definition) is 0. The first-order chi connectivity index (χ1) is 7.62. The molecule has 1 fully saturated rings. The summed E-state index contributed by atoms with van der Waals surface area (Å²) < 4.78 is 22.5. The van der Waals surface area contributed by atoms with Gasteiger partial charge in [0, 0.05) is 19.3 Å². The normalized spacial score (nSPS) is 19.1. The van der Waals surface area contributed by atoms with Crippen molar-refractivity contribution in [1.82, 2.24) is 4.98 Å². The smallest absolute Gasteiger partial charge is 0.163 e. The second-order valence-corrected chi connectivity index (χ2v) is 5.93. The standard InChI is InChI=1S/C10H11N3O2S/c11-8-9-10(2-1-3-12-9)13-4-6-16(14,15)7-5-13/h1-3H,4-7H2. The fourth-order valence-electron chi connectivity index (χ4n) is 1.69. The Bertz CT molecular complexity index is 519. The second-order valence-electron chi connectivity index (χ2n) is 3.62. The highest BCUT2D eigenvalue weighted by Gasteiger charge is 2.23. The summed E-state index contributed by atoms with van der Waals surface area (Å²) in [6.45, 7) is 0.866. The van der Waals surface area contributed by atoms with Gasteiger partial charge in [-0.15, -0.1) is 0 Å². The molecule has 0 aromatic carbocycles. The lowest BCUT2D eigenvalue weighted by atomic mass is 10.2. The Labute approximate surface area is 94.2 Å². The summed E-state index contributed by atoms with van der Waals surface area (Å²) in [5.74, 6) is 0.291. The van der Waals surface area contributed by atoms with Crippen molar-refractivity contribution in [1.29, 1.82) is 5.26 Å². The lowest BCUT2D eigenvalue weighted by molar-refractivity contribution is 0.586. The molecule has 1 saturated heterocycles. The number of aromatic nitrogens is 1. The maximum absolute atomic E-state index is 11.3. The van der Waals surface area contributed by atoms with Gasteiger partial charge in [0.15, 0.2) is 15.5 Å². The van der Waals surface area contributed by atoms with Crippen molar-refractivity contribution in [2.75, 3.05) is 29.5 Å². The number of hydrogen-bond acceptors (Lipinski definition) is 5. The summed E-state index contributed by atoms with van der Waals surface area (Å²) in [6, 6.07) is 5.56.